The molecule has 0 bridgehead atoms. The molecule has 1 aromatic carbocycles. The maximum atomic E-state index is 5.45. The van der Waals surface area contributed by atoms with Crippen LogP contribution in [-0.2, 0) is 24.8 Å². The first-order valence-electron chi connectivity index (χ1n) is 9.97. The highest BCUT2D eigenvalue weighted by Gasteiger charge is 2.17. The summed E-state index contributed by atoms with van der Waals surface area (Å²) < 4.78 is 7.30. The molecular weight excluding hydrogens is 364 g/mol. The number of aliphatic imine (C=N–C) groups is 1. The fourth-order valence-corrected chi connectivity index (χ4v) is 3.88. The van der Waals surface area contributed by atoms with Crippen LogP contribution < -0.4 is 10.2 Å². The van der Waals surface area contributed by atoms with E-state index in [4.69, 9.17) is 9.72 Å². The molecule has 0 spiro atoms. The summed E-state index contributed by atoms with van der Waals surface area (Å²) in [5.41, 5.74) is 6.59. The van der Waals surface area contributed by atoms with Crippen molar-refractivity contribution in [3.63, 3.8) is 0 Å². The Balaban J connectivity index is 1.45. The van der Waals surface area contributed by atoms with E-state index in [9.17, 15) is 0 Å². The van der Waals surface area contributed by atoms with Crippen molar-refractivity contribution in [1.82, 2.24) is 14.8 Å². The molecule has 7 heteroatoms. The number of morpholine rings is 1. The predicted molar refractivity (Wildman–Crippen MR) is 115 cm³/mol. The van der Waals surface area contributed by atoms with Gasteiger partial charge in [-0.25, -0.2) is 4.98 Å². The number of anilines is 3. The predicted octanol–water partition coefficient (Wildman–Crippen LogP) is 3.19. The average Bonchev–Trinajstić information content (AvgIpc) is 3.21. The number of aryl methyl sites for hydroxylation is 1. The van der Waals surface area contributed by atoms with Gasteiger partial charge in [-0.05, 0) is 42.0 Å². The van der Waals surface area contributed by atoms with Crippen molar-refractivity contribution in [1.29, 1.82) is 0 Å². The summed E-state index contributed by atoms with van der Waals surface area (Å²) in [6.45, 7) is 4.11. The Labute approximate surface area is 170 Å². The highest BCUT2D eigenvalue weighted by molar-refractivity contribution is 5.73. The zero-order valence-electron chi connectivity index (χ0n) is 16.5. The monoisotopic (exact) mass is 388 g/mol. The van der Waals surface area contributed by atoms with Crippen LogP contribution in [0, 0.1) is 0 Å². The summed E-state index contributed by atoms with van der Waals surface area (Å²) in [6.07, 6.45) is 4.61. The molecule has 148 valence electrons. The number of ether oxygens (including phenoxy) is 1. The van der Waals surface area contributed by atoms with Crippen LogP contribution in [0.5, 0.6) is 0 Å². The third kappa shape index (κ3) is 3.61. The molecule has 4 heterocycles. The molecule has 0 amide bonds. The molecule has 7 nitrogen and oxygen atoms in total. The molecule has 5 rings (SSSR count). The van der Waals surface area contributed by atoms with Crippen molar-refractivity contribution in [2.24, 2.45) is 12.0 Å². The van der Waals surface area contributed by atoms with E-state index < -0.39 is 0 Å². The number of aromatic nitrogens is 3. The molecule has 0 unspecified atom stereocenters. The quantitative estimate of drug-likeness (QED) is 0.743. The van der Waals surface area contributed by atoms with E-state index in [1.807, 2.05) is 24.0 Å². The molecule has 0 atom stereocenters. The van der Waals surface area contributed by atoms with Crippen LogP contribution in [0.2, 0.25) is 0 Å². The van der Waals surface area contributed by atoms with Crippen molar-refractivity contribution < 1.29 is 4.74 Å². The molecule has 1 fully saturated rings. The van der Waals surface area contributed by atoms with Crippen molar-refractivity contribution in [3.05, 3.63) is 53.7 Å². The summed E-state index contributed by atoms with van der Waals surface area (Å²) in [4.78, 5) is 11.7. The van der Waals surface area contributed by atoms with Gasteiger partial charge in [-0.3, -0.25) is 9.67 Å². The first kappa shape index (κ1) is 17.9. The summed E-state index contributed by atoms with van der Waals surface area (Å²) in [5, 5.41) is 7.82. The zero-order chi connectivity index (χ0) is 19.6. The summed E-state index contributed by atoms with van der Waals surface area (Å²) in [6, 6.07) is 12.7. The maximum Gasteiger partial charge on any atom is 0.136 e. The van der Waals surface area contributed by atoms with Crippen LogP contribution in [0.25, 0.3) is 11.4 Å². The van der Waals surface area contributed by atoms with Crippen LogP contribution in [0.3, 0.4) is 0 Å². The first-order chi connectivity index (χ1) is 14.3. The number of hydrogen-bond acceptors (Lipinski definition) is 6. The zero-order valence-corrected chi connectivity index (χ0v) is 16.5. The fourth-order valence-electron chi connectivity index (χ4n) is 3.88. The van der Waals surface area contributed by atoms with Gasteiger partial charge in [0.15, 0.2) is 0 Å². The van der Waals surface area contributed by atoms with Gasteiger partial charge < -0.3 is 15.0 Å². The van der Waals surface area contributed by atoms with Gasteiger partial charge in [-0.1, -0.05) is 0 Å². The van der Waals surface area contributed by atoms with E-state index in [1.165, 1.54) is 11.3 Å². The van der Waals surface area contributed by atoms with Crippen molar-refractivity contribution in [3.8, 4) is 11.4 Å². The molecule has 0 radical (unpaired) electrons. The van der Waals surface area contributed by atoms with Crippen molar-refractivity contribution >= 4 is 23.4 Å². The molecule has 1 saturated heterocycles. The van der Waals surface area contributed by atoms with Gasteiger partial charge >= 0.3 is 0 Å². The van der Waals surface area contributed by atoms with E-state index in [2.05, 4.69) is 50.6 Å². The number of benzene rings is 1. The minimum atomic E-state index is 0.655. The Bertz CT molecular complexity index is 1030. The van der Waals surface area contributed by atoms with E-state index in [-0.39, 0.29) is 0 Å². The van der Waals surface area contributed by atoms with Gasteiger partial charge in [0, 0.05) is 55.9 Å². The maximum absolute atomic E-state index is 5.45. The number of nitrogens with zero attached hydrogens (tertiary/aromatic N) is 5. The van der Waals surface area contributed by atoms with Gasteiger partial charge in [0.1, 0.15) is 5.82 Å². The molecule has 0 aliphatic carbocycles. The minimum absolute atomic E-state index is 0.655. The Morgan fingerprint density at radius 2 is 1.90 bits per heavy atom. The lowest BCUT2D eigenvalue weighted by Crippen LogP contribution is -2.36. The second-order valence-corrected chi connectivity index (χ2v) is 7.33. The highest BCUT2D eigenvalue weighted by atomic mass is 16.5. The SMILES string of the molecule is Cn1nccc1-c1cc2c(c(Nc3ccc(N4CCOCC4)cc3)n1)CN=CC2. The van der Waals surface area contributed by atoms with E-state index in [1.54, 1.807) is 6.20 Å². The second-order valence-electron chi connectivity index (χ2n) is 7.33. The molecule has 0 saturated carbocycles. The largest absolute Gasteiger partial charge is 0.378 e. The van der Waals surface area contributed by atoms with Gasteiger partial charge in [-0.2, -0.15) is 5.10 Å². The number of rotatable bonds is 4. The van der Waals surface area contributed by atoms with Gasteiger partial charge in [0.2, 0.25) is 0 Å². The number of nitrogens with one attached hydrogen (secondary N) is 1. The third-order valence-electron chi connectivity index (χ3n) is 5.50. The van der Waals surface area contributed by atoms with Gasteiger partial charge in [-0.15, -0.1) is 0 Å². The summed E-state index contributed by atoms with van der Waals surface area (Å²) in [5.74, 6) is 0.870. The van der Waals surface area contributed by atoms with Crippen LogP contribution in [-0.4, -0.2) is 47.3 Å². The smallest absolute Gasteiger partial charge is 0.136 e. The Morgan fingerprint density at radius 1 is 1.07 bits per heavy atom. The standard InChI is InChI=1S/C22H24N6O/c1-27-21(7-9-24-27)20-14-16-6-8-23-15-19(16)22(26-20)25-17-2-4-18(5-3-17)28-10-12-29-13-11-28/h2-5,7-9,14H,6,10-13,15H2,1H3,(H,25,26). The number of pyridine rings is 1. The molecule has 3 aromatic rings. The lowest BCUT2D eigenvalue weighted by atomic mass is 10.0. The molecular formula is C22H24N6O. The lowest BCUT2D eigenvalue weighted by Gasteiger charge is -2.29. The van der Waals surface area contributed by atoms with Gasteiger partial charge in [0.05, 0.1) is 31.1 Å². The second kappa shape index (κ2) is 7.67. The molecule has 2 aliphatic rings. The van der Waals surface area contributed by atoms with Gasteiger partial charge in [0.25, 0.3) is 0 Å². The molecule has 1 N–H and O–H groups in total. The van der Waals surface area contributed by atoms with Crippen LogP contribution in [0.15, 0.2) is 47.6 Å². The fraction of sp³-hybridized carbons (Fsp3) is 0.318. The minimum Gasteiger partial charge on any atom is -0.378 e. The number of fused-ring (bicyclic) bond motifs is 1. The van der Waals surface area contributed by atoms with E-state index >= 15 is 0 Å². The summed E-state index contributed by atoms with van der Waals surface area (Å²) >= 11 is 0. The Kier molecular flexibility index (Phi) is 4.73. The third-order valence-corrected chi connectivity index (χ3v) is 5.50. The average molecular weight is 388 g/mol. The van der Waals surface area contributed by atoms with E-state index in [0.717, 1.165) is 61.2 Å². The first-order valence-corrected chi connectivity index (χ1v) is 9.97. The molecule has 2 aliphatic heterocycles. The topological polar surface area (TPSA) is 67.6 Å². The molecule has 2 aromatic heterocycles. The Hall–Kier alpha value is -3.19. The Morgan fingerprint density at radius 3 is 2.66 bits per heavy atom. The van der Waals surface area contributed by atoms with Crippen LogP contribution in [0.4, 0.5) is 17.2 Å². The van der Waals surface area contributed by atoms with Crippen molar-refractivity contribution in [2.75, 3.05) is 36.5 Å². The van der Waals surface area contributed by atoms with E-state index in [0.29, 0.717) is 6.54 Å². The van der Waals surface area contributed by atoms with Crippen molar-refractivity contribution in [2.45, 2.75) is 13.0 Å². The van der Waals surface area contributed by atoms with Crippen LogP contribution in [0.1, 0.15) is 11.1 Å². The lowest BCUT2D eigenvalue weighted by molar-refractivity contribution is 0.122. The normalized spacial score (nSPS) is 16.0. The number of hydrogen-bond donors (Lipinski definition) is 1. The van der Waals surface area contributed by atoms with Crippen LogP contribution >= 0.6 is 0 Å². The molecule has 29 heavy (non-hydrogen) atoms. The highest BCUT2D eigenvalue weighted by Crippen LogP contribution is 2.30. The summed E-state index contributed by atoms with van der Waals surface area (Å²) in [7, 11) is 1.94.